The molecule has 3 N–H and O–H groups in total. The van der Waals surface area contributed by atoms with Crippen LogP contribution >= 0.6 is 27.5 Å². The zero-order valence-corrected chi connectivity index (χ0v) is 13.7. The van der Waals surface area contributed by atoms with Crippen LogP contribution in [0.25, 0.3) is 0 Å². The highest BCUT2D eigenvalue weighted by atomic mass is 79.9. The Morgan fingerprint density at radius 3 is 2.67 bits per heavy atom. The maximum atomic E-state index is 13.2. The molecule has 0 aliphatic carbocycles. The number of rotatable bonds is 5. The third-order valence-electron chi connectivity index (χ3n) is 3.20. The number of nitrogens with two attached hydrogens (primary N) is 1. The molecule has 1 unspecified atom stereocenters. The fourth-order valence-corrected chi connectivity index (χ4v) is 2.84. The van der Waals surface area contributed by atoms with Gasteiger partial charge in [0.15, 0.2) is 0 Å². The van der Waals surface area contributed by atoms with Crippen molar-refractivity contribution in [3.05, 3.63) is 62.8 Å². The van der Waals surface area contributed by atoms with Gasteiger partial charge in [-0.05, 0) is 57.7 Å². The van der Waals surface area contributed by atoms with Crippen molar-refractivity contribution in [3.63, 3.8) is 0 Å². The molecule has 0 radical (unpaired) electrons. The van der Waals surface area contributed by atoms with Gasteiger partial charge in [0, 0.05) is 0 Å². The number of nitrogens with one attached hydrogen (secondary N) is 1. The summed E-state index contributed by atoms with van der Waals surface area (Å²) in [5.74, 6) is 5.96. The maximum Gasteiger partial charge on any atom is 0.141 e. The van der Waals surface area contributed by atoms with Crippen LogP contribution in [0, 0.1) is 5.82 Å². The first-order valence-electron chi connectivity index (χ1n) is 6.28. The number of methoxy groups -OCH3 is 1. The molecule has 0 heterocycles. The zero-order valence-electron chi connectivity index (χ0n) is 11.4. The van der Waals surface area contributed by atoms with Gasteiger partial charge in [0.05, 0.1) is 22.6 Å². The molecule has 0 aliphatic rings. The van der Waals surface area contributed by atoms with E-state index in [-0.39, 0.29) is 11.1 Å². The van der Waals surface area contributed by atoms with E-state index in [0.29, 0.717) is 6.42 Å². The van der Waals surface area contributed by atoms with E-state index in [0.717, 1.165) is 21.3 Å². The normalized spacial score (nSPS) is 12.2. The quantitative estimate of drug-likeness (QED) is 0.615. The van der Waals surface area contributed by atoms with Crippen LogP contribution in [-0.4, -0.2) is 7.11 Å². The van der Waals surface area contributed by atoms with E-state index in [1.807, 2.05) is 18.2 Å². The summed E-state index contributed by atoms with van der Waals surface area (Å²) in [4.78, 5) is 0. The lowest BCUT2D eigenvalue weighted by atomic mass is 9.99. The fourth-order valence-electron chi connectivity index (χ4n) is 2.07. The summed E-state index contributed by atoms with van der Waals surface area (Å²) in [6.45, 7) is 0. The molecular formula is C15H15BrClFN2O. The van der Waals surface area contributed by atoms with Gasteiger partial charge < -0.3 is 4.74 Å². The SMILES string of the molecule is COc1ccc(C(Cc2ccc(F)c(Cl)c2)NN)cc1Br. The van der Waals surface area contributed by atoms with E-state index < -0.39 is 5.82 Å². The maximum absolute atomic E-state index is 13.2. The van der Waals surface area contributed by atoms with Crippen LogP contribution < -0.4 is 16.0 Å². The van der Waals surface area contributed by atoms with Gasteiger partial charge in [-0.2, -0.15) is 0 Å². The summed E-state index contributed by atoms with van der Waals surface area (Å²) in [7, 11) is 1.61. The van der Waals surface area contributed by atoms with Crippen molar-refractivity contribution in [2.75, 3.05) is 7.11 Å². The van der Waals surface area contributed by atoms with E-state index in [9.17, 15) is 4.39 Å². The Kier molecular flexibility index (Phi) is 5.58. The van der Waals surface area contributed by atoms with Gasteiger partial charge in [-0.15, -0.1) is 0 Å². The second kappa shape index (κ2) is 7.22. The minimum absolute atomic E-state index is 0.110. The summed E-state index contributed by atoms with van der Waals surface area (Å²) in [6, 6.07) is 10.3. The zero-order chi connectivity index (χ0) is 15.4. The van der Waals surface area contributed by atoms with E-state index >= 15 is 0 Å². The first kappa shape index (κ1) is 16.2. The number of hydrogen-bond donors (Lipinski definition) is 2. The third kappa shape index (κ3) is 3.95. The second-order valence-corrected chi connectivity index (χ2v) is 5.83. The van der Waals surface area contributed by atoms with Crippen LogP contribution in [0.5, 0.6) is 5.75 Å². The van der Waals surface area contributed by atoms with Crippen molar-refractivity contribution in [1.29, 1.82) is 0 Å². The van der Waals surface area contributed by atoms with Crippen LogP contribution in [0.1, 0.15) is 17.2 Å². The average molecular weight is 374 g/mol. The molecule has 0 amide bonds. The smallest absolute Gasteiger partial charge is 0.141 e. The Morgan fingerprint density at radius 1 is 1.33 bits per heavy atom. The highest BCUT2D eigenvalue weighted by molar-refractivity contribution is 9.10. The van der Waals surface area contributed by atoms with Crippen LogP contribution in [-0.2, 0) is 6.42 Å². The molecule has 1 atom stereocenters. The van der Waals surface area contributed by atoms with Gasteiger partial charge in [-0.1, -0.05) is 23.7 Å². The van der Waals surface area contributed by atoms with E-state index in [1.165, 1.54) is 6.07 Å². The van der Waals surface area contributed by atoms with Gasteiger partial charge in [0.25, 0.3) is 0 Å². The molecule has 2 aromatic carbocycles. The van der Waals surface area contributed by atoms with Gasteiger partial charge >= 0.3 is 0 Å². The molecule has 3 nitrogen and oxygen atoms in total. The molecule has 21 heavy (non-hydrogen) atoms. The number of benzene rings is 2. The van der Waals surface area contributed by atoms with E-state index in [1.54, 1.807) is 19.2 Å². The van der Waals surface area contributed by atoms with E-state index in [4.69, 9.17) is 22.2 Å². The molecule has 6 heteroatoms. The summed E-state index contributed by atoms with van der Waals surface area (Å²) in [6.07, 6.45) is 0.593. The number of halogens is 3. The average Bonchev–Trinajstić information content (AvgIpc) is 2.48. The highest BCUT2D eigenvalue weighted by Crippen LogP contribution is 2.29. The Morgan fingerprint density at radius 2 is 2.10 bits per heavy atom. The van der Waals surface area contributed by atoms with Crippen molar-refractivity contribution in [2.24, 2.45) is 5.84 Å². The standard InChI is InChI=1S/C15H15BrClFN2O/c1-21-15-5-3-10(8-11(15)16)14(20-19)7-9-2-4-13(18)12(17)6-9/h2-6,8,14,20H,7,19H2,1H3. The summed E-state index contributed by atoms with van der Waals surface area (Å²) < 4.78 is 19.2. The monoisotopic (exact) mass is 372 g/mol. The fraction of sp³-hybridized carbons (Fsp3) is 0.200. The van der Waals surface area contributed by atoms with Crippen molar-refractivity contribution in [1.82, 2.24) is 5.43 Å². The lowest BCUT2D eigenvalue weighted by Crippen LogP contribution is -2.29. The second-order valence-electron chi connectivity index (χ2n) is 4.57. The van der Waals surface area contributed by atoms with Crippen molar-refractivity contribution < 1.29 is 9.13 Å². The first-order valence-corrected chi connectivity index (χ1v) is 7.45. The molecule has 112 valence electrons. The topological polar surface area (TPSA) is 47.3 Å². The molecule has 0 aromatic heterocycles. The van der Waals surface area contributed by atoms with Crippen molar-refractivity contribution in [2.45, 2.75) is 12.5 Å². The molecule has 0 fully saturated rings. The third-order valence-corrected chi connectivity index (χ3v) is 4.11. The predicted molar refractivity (Wildman–Crippen MR) is 85.9 cm³/mol. The highest BCUT2D eigenvalue weighted by Gasteiger charge is 2.13. The van der Waals surface area contributed by atoms with Gasteiger partial charge in [-0.25, -0.2) is 4.39 Å². The number of hydrogen-bond acceptors (Lipinski definition) is 3. The molecule has 2 rings (SSSR count). The van der Waals surface area contributed by atoms with Crippen molar-refractivity contribution >= 4 is 27.5 Å². The minimum atomic E-state index is -0.426. The minimum Gasteiger partial charge on any atom is -0.496 e. The lowest BCUT2D eigenvalue weighted by molar-refractivity contribution is 0.411. The van der Waals surface area contributed by atoms with Crippen molar-refractivity contribution in [3.8, 4) is 5.75 Å². The number of hydrazine groups is 1. The molecule has 0 saturated carbocycles. The Bertz CT molecular complexity index is 639. The molecular weight excluding hydrogens is 359 g/mol. The molecule has 0 bridgehead atoms. The Hall–Kier alpha value is -1.14. The van der Waals surface area contributed by atoms with Gasteiger partial charge in [0.1, 0.15) is 11.6 Å². The predicted octanol–water partition coefficient (Wildman–Crippen LogP) is 4.00. The lowest BCUT2D eigenvalue weighted by Gasteiger charge is -2.18. The molecule has 2 aromatic rings. The summed E-state index contributed by atoms with van der Waals surface area (Å²) in [5, 5.41) is 0.110. The molecule has 0 spiro atoms. The van der Waals surface area contributed by atoms with Crippen LogP contribution in [0.2, 0.25) is 5.02 Å². The van der Waals surface area contributed by atoms with Gasteiger partial charge in [0.2, 0.25) is 0 Å². The Labute approximate surface area is 136 Å². The van der Waals surface area contributed by atoms with Crippen LogP contribution in [0.15, 0.2) is 40.9 Å². The Balaban J connectivity index is 2.23. The van der Waals surface area contributed by atoms with Crippen LogP contribution in [0.4, 0.5) is 4.39 Å². The van der Waals surface area contributed by atoms with Crippen LogP contribution in [0.3, 0.4) is 0 Å². The molecule has 0 aliphatic heterocycles. The first-order chi connectivity index (χ1) is 10.0. The van der Waals surface area contributed by atoms with E-state index in [2.05, 4.69) is 21.4 Å². The summed E-state index contributed by atoms with van der Waals surface area (Å²) in [5.41, 5.74) is 4.66. The van der Waals surface area contributed by atoms with Gasteiger partial charge in [-0.3, -0.25) is 11.3 Å². The summed E-state index contributed by atoms with van der Waals surface area (Å²) >= 11 is 9.25. The largest absolute Gasteiger partial charge is 0.496 e. The molecule has 0 saturated heterocycles. The number of ether oxygens (including phenoxy) is 1.